The minimum Gasteiger partial charge on any atom is -0.294 e. The van der Waals surface area contributed by atoms with E-state index in [1.165, 1.54) is 295 Å². The van der Waals surface area contributed by atoms with Crippen molar-refractivity contribution in [3.8, 4) is 0 Å². The zero-order valence-corrected chi connectivity index (χ0v) is 88.8. The molecule has 0 heterocycles. The molecule has 0 N–H and O–H groups in total. The number of hydrogen-bond acceptors (Lipinski definition) is 10. The maximum Gasteiger partial charge on any atom is 0.163 e. The average molecular weight is 1880 g/mol. The van der Waals surface area contributed by atoms with Crippen molar-refractivity contribution in [3.05, 3.63) is 175 Å². The average Bonchev–Trinajstić information content (AvgIpc) is 1.36. The largest absolute Gasteiger partial charge is 0.294 e. The Morgan fingerprint density at radius 1 is 0.196 bits per heavy atom. The second-order valence-electron chi connectivity index (χ2n) is 48.9. The zero-order chi connectivity index (χ0) is 98.7. The summed E-state index contributed by atoms with van der Waals surface area (Å²) in [5.41, 5.74) is 12.3. The van der Waals surface area contributed by atoms with Gasteiger partial charge in [-0.2, -0.15) is 0 Å². The number of Topliss-reactive ketones (excluding diaryl/α,β-unsaturated/α-hetero) is 10. The minimum atomic E-state index is 0.213. The molecule has 138 heavy (non-hydrogen) atoms. The normalized spacial score (nSPS) is 23.3. The van der Waals surface area contributed by atoms with Crippen LogP contribution in [-0.4, -0.2) is 57.8 Å². The first-order valence-electron chi connectivity index (χ1n) is 57.1. The van der Waals surface area contributed by atoms with Crippen LogP contribution in [0, 0.1) is 121 Å². The first-order chi connectivity index (χ1) is 66.2. The molecule has 10 aliphatic rings. The number of aryl methyl sites for hydroxylation is 4. The van der Waals surface area contributed by atoms with Gasteiger partial charge < -0.3 is 0 Å². The highest BCUT2D eigenvalue weighted by Crippen LogP contribution is 2.45. The van der Waals surface area contributed by atoms with Crippen molar-refractivity contribution in [2.24, 2.45) is 93.7 Å². The van der Waals surface area contributed by atoms with E-state index in [1.54, 1.807) is 0 Å². The number of ketones is 10. The predicted molar refractivity (Wildman–Crippen MR) is 571 cm³/mol. The molecule has 0 saturated heterocycles. The molecule has 4 atom stereocenters. The van der Waals surface area contributed by atoms with Gasteiger partial charge >= 0.3 is 0 Å². The van der Waals surface area contributed by atoms with Gasteiger partial charge in [-0.15, -0.1) is 0 Å². The van der Waals surface area contributed by atoms with Gasteiger partial charge in [-0.05, 0) is 287 Å². The Balaban J connectivity index is 0.000000166. The first-order valence-corrected chi connectivity index (χ1v) is 57.1. The molecule has 0 bridgehead atoms. The Labute approximate surface area is 837 Å². The number of hydrogen-bond donors (Lipinski definition) is 0. The van der Waals surface area contributed by atoms with Gasteiger partial charge in [0, 0.05) is 120 Å². The highest BCUT2D eigenvalue weighted by atomic mass is 16.2. The first kappa shape index (κ1) is 111. The molecular formula is C128H186O10. The number of carbonyl (C=O) groups excluding carboxylic acids is 10. The summed E-state index contributed by atoms with van der Waals surface area (Å²) in [6.07, 6.45) is 68.5. The second kappa shape index (κ2) is 56.7. The predicted octanol–water partition coefficient (Wildman–Crippen LogP) is 35.8. The molecule has 0 aliphatic heterocycles. The number of carbonyl (C=O) groups is 10. The van der Waals surface area contributed by atoms with Crippen LogP contribution >= 0.6 is 0 Å². The summed E-state index contributed by atoms with van der Waals surface area (Å²) in [5, 5.41) is 0. The molecule has 10 aliphatic carbocycles. The zero-order valence-electron chi connectivity index (χ0n) is 88.8. The Morgan fingerprint density at radius 3 is 0.558 bits per heavy atom. The lowest BCUT2D eigenvalue weighted by Crippen LogP contribution is -2.27. The van der Waals surface area contributed by atoms with E-state index >= 15 is 0 Å². The van der Waals surface area contributed by atoms with Crippen LogP contribution in [-0.2, 0) is 0 Å². The van der Waals surface area contributed by atoms with Crippen LogP contribution in [0.2, 0.25) is 0 Å². The van der Waals surface area contributed by atoms with E-state index in [2.05, 4.69) is 55.4 Å². The molecule has 0 radical (unpaired) electrons. The van der Waals surface area contributed by atoms with Crippen molar-refractivity contribution in [1.29, 1.82) is 0 Å². The van der Waals surface area contributed by atoms with Crippen LogP contribution in [0.25, 0.3) is 0 Å². The second-order valence-corrected chi connectivity index (χ2v) is 48.9. The lowest BCUT2D eigenvalue weighted by molar-refractivity contribution is 0.0905. The number of rotatable bonds is 30. The fraction of sp³-hybridized carbons (Fsp3) is 0.688. The maximum absolute atomic E-state index is 13.0. The third-order valence-electron chi connectivity index (χ3n) is 35.1. The van der Waals surface area contributed by atoms with E-state index in [-0.39, 0.29) is 57.8 Å². The Morgan fingerprint density at radius 2 is 0.355 bits per heavy atom. The van der Waals surface area contributed by atoms with Crippen LogP contribution in [0.5, 0.6) is 0 Å². The Bertz CT molecular complexity index is 4410. The van der Waals surface area contributed by atoms with E-state index in [4.69, 9.17) is 0 Å². The SMILES string of the molecule is CC(C)(C)C1CCC(CC(=O)c2cccc(C(=O)CC3CCC(C(C)(C)C)CC3)c2)CC1.Cc1cc(C(=O)CC2CCCC2)cc(C(=O)CC2CCCC2)c1.Cc1cc(C(=O)CC2CCCCC2C)cc(C(=O)CC2CCCCC2C)c1.Cc1cc(C(=O)CC2CCCCCC2)cc(C(=O)CC2CCCCCC2)c1.Cc1cc(C(=O)CC2CCCCCCC2)cc(C(=O)CC2CCCCCCC2)c1. The molecule has 0 spiro atoms. The fourth-order valence-electron chi connectivity index (χ4n) is 26.0. The molecule has 10 saturated carbocycles. The highest BCUT2D eigenvalue weighted by Gasteiger charge is 2.36. The summed E-state index contributed by atoms with van der Waals surface area (Å²) in [4.78, 5) is 129. The van der Waals surface area contributed by atoms with Crippen molar-refractivity contribution in [1.82, 2.24) is 0 Å². The van der Waals surface area contributed by atoms with Crippen LogP contribution in [0.1, 0.15) is 566 Å². The monoisotopic (exact) mass is 1880 g/mol. The van der Waals surface area contributed by atoms with Crippen molar-refractivity contribution >= 4 is 57.8 Å². The van der Waals surface area contributed by atoms with Crippen molar-refractivity contribution in [2.75, 3.05) is 0 Å². The molecular weight excluding hydrogens is 1700 g/mol. The summed E-state index contributed by atoms with van der Waals surface area (Å²) in [6, 6.07) is 30.8. The van der Waals surface area contributed by atoms with Crippen LogP contribution in [0.4, 0.5) is 0 Å². The quantitative estimate of drug-likeness (QED) is 0.0318. The molecule has 0 aromatic heterocycles. The fourth-order valence-corrected chi connectivity index (χ4v) is 26.0. The molecule has 4 unspecified atom stereocenters. The van der Waals surface area contributed by atoms with Gasteiger partial charge in [0.2, 0.25) is 0 Å². The number of benzene rings is 5. The Hall–Kier alpha value is -7.20. The van der Waals surface area contributed by atoms with Gasteiger partial charge in [0.1, 0.15) is 0 Å². The lowest BCUT2D eigenvalue weighted by atomic mass is 9.69. The van der Waals surface area contributed by atoms with Gasteiger partial charge in [-0.1, -0.05) is 330 Å². The van der Waals surface area contributed by atoms with Crippen molar-refractivity contribution < 1.29 is 47.9 Å². The van der Waals surface area contributed by atoms with Gasteiger partial charge in [-0.25, -0.2) is 0 Å². The topological polar surface area (TPSA) is 171 Å². The molecule has 5 aromatic carbocycles. The Kier molecular flexibility index (Phi) is 45.7. The van der Waals surface area contributed by atoms with Crippen LogP contribution < -0.4 is 0 Å². The molecule has 10 nitrogen and oxygen atoms in total. The van der Waals surface area contributed by atoms with Crippen molar-refractivity contribution in [2.45, 2.75) is 468 Å². The minimum absolute atomic E-state index is 0.213. The summed E-state index contributed by atoms with van der Waals surface area (Å²) in [7, 11) is 0. The molecule has 10 fully saturated rings. The molecule has 15 rings (SSSR count). The van der Waals surface area contributed by atoms with E-state index < -0.39 is 0 Å². The summed E-state index contributed by atoms with van der Waals surface area (Å²) in [6.45, 7) is 26.6. The van der Waals surface area contributed by atoms with Crippen LogP contribution in [0.15, 0.2) is 97.1 Å². The van der Waals surface area contributed by atoms with E-state index in [1.807, 2.05) is 125 Å². The third kappa shape index (κ3) is 37.5. The summed E-state index contributed by atoms with van der Waals surface area (Å²) in [5.74, 6) is 10.3. The molecule has 5 aromatic rings. The summed E-state index contributed by atoms with van der Waals surface area (Å²) < 4.78 is 0. The smallest absolute Gasteiger partial charge is 0.163 e. The summed E-state index contributed by atoms with van der Waals surface area (Å²) >= 11 is 0. The van der Waals surface area contributed by atoms with E-state index in [9.17, 15) is 47.9 Å². The van der Waals surface area contributed by atoms with E-state index in [0.717, 1.165) is 115 Å². The van der Waals surface area contributed by atoms with Gasteiger partial charge in [-0.3, -0.25) is 47.9 Å². The molecule has 10 heteroatoms. The molecule has 0 amide bonds. The standard InChI is InChI=1S/C30H46O2.C27H40O2.2C25H36O2.C21H28O2/c1-29(2,3)25-14-10-21(11-15-25)18-27(31)23-8-7-9-24(20-23)28(32)19-22-12-16-26(17-13-22)30(4,5)6;1-21-16-24(26(28)18-22-12-8-4-2-5-9-13-22)20-25(17-21)27(29)19-23-14-10-6-3-7-11-15-23;1-17-12-22(24(26)15-20-10-6-4-8-18(20)2)14-23(13-17)25(27)16-21-11-7-5-9-19(21)3;1-19-14-22(24(26)16-20-10-6-2-3-7-11-20)18-23(15-19)25(27)17-21-12-8-4-5-9-13-21;1-15-10-18(20(22)12-16-6-2-3-7-16)14-19(11-15)21(23)13-17-8-4-5-9-17/h7-9,20-22,25-26H,10-19H2,1-6H3;16-17,20,22-23H,2-15,18-19H2,1H3;12-14,18-21H,4-11,15-16H2,1-3H3;14-15,18,20-21H,2-13,16-17H2,1H3;10-11,14,16-17H,2-9,12-13H2,1H3. The van der Waals surface area contributed by atoms with Crippen molar-refractivity contribution in [3.63, 3.8) is 0 Å². The third-order valence-corrected chi connectivity index (χ3v) is 35.1. The molecule has 758 valence electrons. The highest BCUT2D eigenvalue weighted by molar-refractivity contribution is 6.05. The lowest BCUT2D eigenvalue weighted by Gasteiger charge is -2.37. The van der Waals surface area contributed by atoms with Gasteiger partial charge in [0.25, 0.3) is 0 Å². The van der Waals surface area contributed by atoms with Gasteiger partial charge in [0.15, 0.2) is 57.8 Å². The van der Waals surface area contributed by atoms with E-state index in [0.29, 0.717) is 146 Å². The van der Waals surface area contributed by atoms with Gasteiger partial charge in [0.05, 0.1) is 0 Å². The van der Waals surface area contributed by atoms with Crippen LogP contribution in [0.3, 0.4) is 0 Å². The maximum atomic E-state index is 13.0.